The summed E-state index contributed by atoms with van der Waals surface area (Å²) < 4.78 is 11.3. The van der Waals surface area contributed by atoms with Crippen LogP contribution in [0.25, 0.3) is 0 Å². The van der Waals surface area contributed by atoms with Gasteiger partial charge in [0.05, 0.1) is 0 Å². The summed E-state index contributed by atoms with van der Waals surface area (Å²) in [7, 11) is 0. The molecule has 2 aliphatic rings. The highest BCUT2D eigenvalue weighted by atomic mass is 16.7. The summed E-state index contributed by atoms with van der Waals surface area (Å²) >= 11 is 0. The minimum absolute atomic E-state index is 0.0904. The molecule has 2 aliphatic carbocycles. The standard InChI is InChI=1S/C19H30O3/c1-13-9-7-11-18(3,4)15(13)21-17(20)22-16-14(2)10-8-12-19(16,5)6/h7-12H2,1-6H3. The van der Waals surface area contributed by atoms with Crippen LogP contribution in [0.15, 0.2) is 22.7 Å². The molecule has 0 bridgehead atoms. The fraction of sp³-hybridized carbons (Fsp3) is 0.737. The van der Waals surface area contributed by atoms with Crippen LogP contribution in [-0.4, -0.2) is 6.16 Å². The van der Waals surface area contributed by atoms with Crippen LogP contribution in [0.3, 0.4) is 0 Å². The molecule has 0 spiro atoms. The second-order valence-corrected chi connectivity index (χ2v) is 8.15. The van der Waals surface area contributed by atoms with Gasteiger partial charge in [-0.3, -0.25) is 0 Å². The van der Waals surface area contributed by atoms with Gasteiger partial charge in [0.25, 0.3) is 0 Å². The molecule has 0 N–H and O–H groups in total. The van der Waals surface area contributed by atoms with Gasteiger partial charge in [-0.1, -0.05) is 27.7 Å². The monoisotopic (exact) mass is 306 g/mol. The van der Waals surface area contributed by atoms with Crippen molar-refractivity contribution in [1.29, 1.82) is 0 Å². The van der Waals surface area contributed by atoms with Crippen molar-refractivity contribution in [2.45, 2.75) is 80.1 Å². The smallest absolute Gasteiger partial charge is 0.399 e. The summed E-state index contributed by atoms with van der Waals surface area (Å²) in [6.07, 6.45) is 5.81. The van der Waals surface area contributed by atoms with Gasteiger partial charge in [-0.25, -0.2) is 4.79 Å². The van der Waals surface area contributed by atoms with Crippen molar-refractivity contribution in [2.75, 3.05) is 0 Å². The third-order valence-electron chi connectivity index (χ3n) is 5.08. The summed E-state index contributed by atoms with van der Waals surface area (Å²) in [6.45, 7) is 12.6. The van der Waals surface area contributed by atoms with E-state index in [1.54, 1.807) is 0 Å². The van der Waals surface area contributed by atoms with E-state index in [2.05, 4.69) is 41.5 Å². The van der Waals surface area contributed by atoms with Crippen molar-refractivity contribution < 1.29 is 14.3 Å². The zero-order valence-corrected chi connectivity index (χ0v) is 15.0. The molecule has 0 atom stereocenters. The number of hydrogen-bond donors (Lipinski definition) is 0. The van der Waals surface area contributed by atoms with E-state index in [1.165, 1.54) is 11.1 Å². The minimum Gasteiger partial charge on any atom is -0.399 e. The van der Waals surface area contributed by atoms with Crippen LogP contribution in [0.4, 0.5) is 4.79 Å². The lowest BCUT2D eigenvalue weighted by Crippen LogP contribution is -2.28. The summed E-state index contributed by atoms with van der Waals surface area (Å²) in [4.78, 5) is 12.3. The molecule has 0 fully saturated rings. The lowest BCUT2D eigenvalue weighted by atomic mass is 9.78. The Labute approximate surface area is 134 Å². The van der Waals surface area contributed by atoms with E-state index in [9.17, 15) is 4.79 Å². The maximum Gasteiger partial charge on any atom is 0.518 e. The first-order valence-electron chi connectivity index (χ1n) is 8.43. The van der Waals surface area contributed by atoms with E-state index in [0.717, 1.165) is 50.0 Å². The Bertz CT molecular complexity index is 475. The van der Waals surface area contributed by atoms with Crippen molar-refractivity contribution in [1.82, 2.24) is 0 Å². The van der Waals surface area contributed by atoms with Gasteiger partial charge in [-0.2, -0.15) is 0 Å². The Morgan fingerprint density at radius 1 is 0.818 bits per heavy atom. The zero-order valence-electron chi connectivity index (χ0n) is 15.0. The normalized spacial score (nSPS) is 24.3. The third kappa shape index (κ3) is 3.56. The van der Waals surface area contributed by atoms with Gasteiger partial charge in [0.2, 0.25) is 0 Å². The Morgan fingerprint density at radius 2 is 1.18 bits per heavy atom. The fourth-order valence-electron chi connectivity index (χ4n) is 3.84. The van der Waals surface area contributed by atoms with E-state index >= 15 is 0 Å². The summed E-state index contributed by atoms with van der Waals surface area (Å²) in [5, 5.41) is 0. The molecule has 0 amide bonds. The second-order valence-electron chi connectivity index (χ2n) is 8.15. The van der Waals surface area contributed by atoms with Gasteiger partial charge < -0.3 is 9.47 Å². The fourth-order valence-corrected chi connectivity index (χ4v) is 3.84. The molecule has 0 heterocycles. The van der Waals surface area contributed by atoms with Gasteiger partial charge in [-0.15, -0.1) is 0 Å². The molecule has 0 unspecified atom stereocenters. The van der Waals surface area contributed by atoms with Gasteiger partial charge in [-0.05, 0) is 63.5 Å². The third-order valence-corrected chi connectivity index (χ3v) is 5.08. The maximum absolute atomic E-state index is 12.3. The molecular formula is C19H30O3. The maximum atomic E-state index is 12.3. The number of hydrogen-bond acceptors (Lipinski definition) is 3. The lowest BCUT2D eigenvalue weighted by Gasteiger charge is -2.35. The predicted molar refractivity (Wildman–Crippen MR) is 88.2 cm³/mol. The summed E-state index contributed by atoms with van der Waals surface area (Å²) in [6, 6.07) is 0. The van der Waals surface area contributed by atoms with Gasteiger partial charge in [0, 0.05) is 10.8 Å². The number of rotatable bonds is 2. The van der Waals surface area contributed by atoms with E-state index in [-0.39, 0.29) is 10.8 Å². The van der Waals surface area contributed by atoms with Crippen LogP contribution in [0.2, 0.25) is 0 Å². The van der Waals surface area contributed by atoms with Crippen molar-refractivity contribution in [2.24, 2.45) is 10.8 Å². The topological polar surface area (TPSA) is 35.5 Å². The predicted octanol–water partition coefficient (Wildman–Crippen LogP) is 6.11. The SMILES string of the molecule is CC1=C(OC(=O)OC2=C(C)CCCC2(C)C)C(C)(C)CCC1. The van der Waals surface area contributed by atoms with E-state index in [4.69, 9.17) is 9.47 Å². The largest absolute Gasteiger partial charge is 0.518 e. The highest BCUT2D eigenvalue weighted by Gasteiger charge is 2.35. The van der Waals surface area contributed by atoms with Gasteiger partial charge in [0.1, 0.15) is 11.5 Å². The Morgan fingerprint density at radius 3 is 1.50 bits per heavy atom. The van der Waals surface area contributed by atoms with E-state index in [1.807, 2.05) is 0 Å². The molecule has 0 radical (unpaired) electrons. The lowest BCUT2D eigenvalue weighted by molar-refractivity contribution is 0.0588. The van der Waals surface area contributed by atoms with Gasteiger partial charge >= 0.3 is 6.16 Å². The highest BCUT2D eigenvalue weighted by Crippen LogP contribution is 2.43. The first kappa shape index (κ1) is 17.1. The van der Waals surface area contributed by atoms with Gasteiger partial charge in [0.15, 0.2) is 0 Å². The van der Waals surface area contributed by atoms with Crippen molar-refractivity contribution in [3.05, 3.63) is 22.7 Å². The molecule has 0 aromatic rings. The summed E-state index contributed by atoms with van der Waals surface area (Å²) in [5.41, 5.74) is 2.16. The van der Waals surface area contributed by atoms with Crippen LogP contribution < -0.4 is 0 Å². The minimum atomic E-state index is -0.575. The number of allylic oxidation sites excluding steroid dienone is 4. The zero-order chi connectivity index (χ0) is 16.5. The average Bonchev–Trinajstić information content (AvgIpc) is 2.38. The molecule has 3 heteroatoms. The number of ether oxygens (including phenoxy) is 2. The quantitative estimate of drug-likeness (QED) is 0.577. The highest BCUT2D eigenvalue weighted by molar-refractivity contribution is 5.64. The molecule has 0 saturated carbocycles. The average molecular weight is 306 g/mol. The second kappa shape index (κ2) is 6.10. The van der Waals surface area contributed by atoms with Crippen molar-refractivity contribution in [3.63, 3.8) is 0 Å². The van der Waals surface area contributed by atoms with Crippen LogP contribution in [-0.2, 0) is 9.47 Å². The molecule has 124 valence electrons. The molecule has 0 saturated heterocycles. The van der Waals surface area contributed by atoms with Crippen molar-refractivity contribution >= 4 is 6.16 Å². The molecule has 22 heavy (non-hydrogen) atoms. The van der Waals surface area contributed by atoms with Crippen LogP contribution in [0.5, 0.6) is 0 Å². The van der Waals surface area contributed by atoms with E-state index in [0.29, 0.717) is 0 Å². The van der Waals surface area contributed by atoms with E-state index < -0.39 is 6.16 Å². The molecule has 0 aromatic heterocycles. The van der Waals surface area contributed by atoms with Crippen LogP contribution in [0.1, 0.15) is 80.1 Å². The number of carbonyl (C=O) groups excluding carboxylic acids is 1. The Balaban J connectivity index is 2.13. The number of carbonyl (C=O) groups is 1. The first-order valence-corrected chi connectivity index (χ1v) is 8.43. The molecule has 3 nitrogen and oxygen atoms in total. The molecule has 0 aromatic carbocycles. The first-order chi connectivity index (χ1) is 10.1. The summed E-state index contributed by atoms with van der Waals surface area (Å²) in [5.74, 6) is 1.60. The Kier molecular flexibility index (Phi) is 4.74. The Hall–Kier alpha value is -1.25. The molecule has 0 aliphatic heterocycles. The van der Waals surface area contributed by atoms with Crippen molar-refractivity contribution in [3.8, 4) is 0 Å². The molecule has 2 rings (SSSR count). The molecular weight excluding hydrogens is 276 g/mol. The van der Waals surface area contributed by atoms with Crippen LogP contribution in [0, 0.1) is 10.8 Å². The van der Waals surface area contributed by atoms with Crippen LogP contribution >= 0.6 is 0 Å².